The van der Waals surface area contributed by atoms with Crippen LogP contribution in [0.25, 0.3) is 10.2 Å². The zero-order valence-electron chi connectivity index (χ0n) is 14.1. The number of nitrogens with one attached hydrogen (secondary N) is 1. The van der Waals surface area contributed by atoms with E-state index in [2.05, 4.69) is 20.2 Å². The number of aryl methyl sites for hydroxylation is 1. The van der Waals surface area contributed by atoms with E-state index in [-0.39, 0.29) is 18.8 Å². The summed E-state index contributed by atoms with van der Waals surface area (Å²) in [4.78, 5) is 12.1. The number of nitrogens with zero attached hydrogens (tertiary/aromatic N) is 3. The molecule has 0 saturated carbocycles. The molecule has 0 aromatic carbocycles. The highest BCUT2D eigenvalue weighted by molar-refractivity contribution is 7.19. The van der Waals surface area contributed by atoms with E-state index in [1.54, 1.807) is 11.3 Å². The summed E-state index contributed by atoms with van der Waals surface area (Å²) in [5.41, 5.74) is 7.31. The molecule has 1 aliphatic carbocycles. The van der Waals surface area contributed by atoms with E-state index in [9.17, 15) is 13.2 Å². The Morgan fingerprint density at radius 1 is 1.12 bits per heavy atom. The molecule has 2 aliphatic heterocycles. The lowest BCUT2D eigenvalue weighted by atomic mass is 9.87. The Kier molecular flexibility index (Phi) is 3.62. The number of alkyl halides is 3. The van der Waals surface area contributed by atoms with E-state index in [0.717, 1.165) is 46.9 Å². The second kappa shape index (κ2) is 5.69. The summed E-state index contributed by atoms with van der Waals surface area (Å²) in [5, 5.41) is 3.59. The Labute approximate surface area is 152 Å². The van der Waals surface area contributed by atoms with Crippen LogP contribution in [-0.4, -0.2) is 41.3 Å². The molecule has 3 N–H and O–H groups in total. The van der Waals surface area contributed by atoms with Crippen LogP contribution in [0.3, 0.4) is 0 Å². The fraction of sp³-hybridized carbons (Fsp3) is 0.647. The fourth-order valence-corrected chi connectivity index (χ4v) is 5.90. The van der Waals surface area contributed by atoms with Crippen LogP contribution >= 0.6 is 11.3 Å². The normalized spacial score (nSPS) is 28.6. The molecule has 0 radical (unpaired) electrons. The van der Waals surface area contributed by atoms with Gasteiger partial charge < -0.3 is 16.0 Å². The van der Waals surface area contributed by atoms with Gasteiger partial charge in [-0.15, -0.1) is 11.3 Å². The predicted octanol–water partition coefficient (Wildman–Crippen LogP) is 2.88. The lowest BCUT2D eigenvalue weighted by Gasteiger charge is -2.33. The molecule has 2 aromatic heterocycles. The summed E-state index contributed by atoms with van der Waals surface area (Å²) >= 11 is 1.55. The number of thiophene rings is 1. The minimum Gasteiger partial charge on any atom is -0.368 e. The molecule has 4 heterocycles. The molecule has 3 aliphatic rings. The molecule has 5 nitrogen and oxygen atoms in total. The molecule has 140 valence electrons. The van der Waals surface area contributed by atoms with Crippen molar-refractivity contribution < 1.29 is 13.2 Å². The van der Waals surface area contributed by atoms with Crippen molar-refractivity contribution in [1.82, 2.24) is 15.3 Å². The SMILES string of the molecule is Nc1nc(N2CC3CCC(C2)N3)c2sc3c(c2n1)CC(C(F)(F)F)CC3. The number of piperazine rings is 1. The quantitative estimate of drug-likeness (QED) is 0.793. The Balaban J connectivity index is 1.58. The first-order valence-corrected chi connectivity index (χ1v) is 9.85. The van der Waals surface area contributed by atoms with Gasteiger partial charge in [0.05, 0.1) is 16.1 Å². The van der Waals surface area contributed by atoms with Gasteiger partial charge in [0.15, 0.2) is 5.82 Å². The lowest BCUT2D eigenvalue weighted by Crippen LogP contribution is -2.51. The van der Waals surface area contributed by atoms with Crippen molar-refractivity contribution in [3.8, 4) is 0 Å². The number of halogens is 3. The van der Waals surface area contributed by atoms with E-state index in [1.807, 2.05) is 0 Å². The van der Waals surface area contributed by atoms with Crippen LogP contribution in [0.15, 0.2) is 0 Å². The van der Waals surface area contributed by atoms with Crippen LogP contribution in [0.1, 0.15) is 29.7 Å². The third kappa shape index (κ3) is 2.63. The molecule has 3 unspecified atom stereocenters. The highest BCUT2D eigenvalue weighted by Gasteiger charge is 2.42. The molecule has 2 saturated heterocycles. The van der Waals surface area contributed by atoms with Crippen molar-refractivity contribution in [1.29, 1.82) is 0 Å². The van der Waals surface area contributed by atoms with Crippen molar-refractivity contribution in [2.45, 2.75) is 50.4 Å². The molecular formula is C17H20F3N5S. The first-order chi connectivity index (χ1) is 12.4. The molecule has 2 aromatic rings. The Hall–Kier alpha value is -1.61. The molecule has 26 heavy (non-hydrogen) atoms. The number of hydrogen-bond donors (Lipinski definition) is 2. The number of nitrogens with two attached hydrogens (primary N) is 1. The largest absolute Gasteiger partial charge is 0.392 e. The van der Waals surface area contributed by atoms with Crippen LogP contribution in [0.5, 0.6) is 0 Å². The Morgan fingerprint density at radius 3 is 2.54 bits per heavy atom. The minimum absolute atomic E-state index is 0.00152. The number of anilines is 2. The van der Waals surface area contributed by atoms with Gasteiger partial charge in [0.25, 0.3) is 0 Å². The monoisotopic (exact) mass is 383 g/mol. The van der Waals surface area contributed by atoms with E-state index >= 15 is 0 Å². The summed E-state index contributed by atoms with van der Waals surface area (Å²) in [6, 6.07) is 0.897. The maximum Gasteiger partial charge on any atom is 0.392 e. The van der Waals surface area contributed by atoms with Crippen molar-refractivity contribution in [3.63, 3.8) is 0 Å². The average Bonchev–Trinajstić information content (AvgIpc) is 3.12. The van der Waals surface area contributed by atoms with Crippen LogP contribution in [-0.2, 0) is 12.8 Å². The summed E-state index contributed by atoms with van der Waals surface area (Å²) in [6.07, 6.45) is -1.25. The van der Waals surface area contributed by atoms with E-state index in [0.29, 0.717) is 24.0 Å². The van der Waals surface area contributed by atoms with Crippen LogP contribution in [0, 0.1) is 5.92 Å². The topological polar surface area (TPSA) is 67.1 Å². The number of nitrogen functional groups attached to an aromatic ring is 1. The van der Waals surface area contributed by atoms with Gasteiger partial charge in [0.1, 0.15) is 0 Å². The molecule has 2 fully saturated rings. The van der Waals surface area contributed by atoms with E-state index in [1.165, 1.54) is 0 Å². The fourth-order valence-electron chi connectivity index (χ4n) is 4.60. The van der Waals surface area contributed by atoms with Crippen molar-refractivity contribution >= 4 is 33.3 Å². The summed E-state index contributed by atoms with van der Waals surface area (Å²) in [6.45, 7) is 1.71. The third-order valence-electron chi connectivity index (χ3n) is 5.86. The summed E-state index contributed by atoms with van der Waals surface area (Å²) < 4.78 is 40.5. The lowest BCUT2D eigenvalue weighted by molar-refractivity contribution is -0.176. The van der Waals surface area contributed by atoms with Gasteiger partial charge in [0, 0.05) is 30.1 Å². The van der Waals surface area contributed by atoms with Crippen LogP contribution < -0.4 is 16.0 Å². The molecule has 9 heteroatoms. The second-order valence-corrected chi connectivity index (χ2v) is 8.72. The second-order valence-electron chi connectivity index (χ2n) is 7.61. The first-order valence-electron chi connectivity index (χ1n) is 9.04. The van der Waals surface area contributed by atoms with Gasteiger partial charge in [-0.2, -0.15) is 18.2 Å². The third-order valence-corrected chi connectivity index (χ3v) is 7.14. The van der Waals surface area contributed by atoms with Crippen molar-refractivity contribution in [2.75, 3.05) is 23.7 Å². The van der Waals surface area contributed by atoms with Gasteiger partial charge in [-0.25, -0.2) is 4.98 Å². The number of aromatic nitrogens is 2. The molecule has 0 spiro atoms. The number of fused-ring (bicyclic) bond motifs is 5. The highest BCUT2D eigenvalue weighted by atomic mass is 32.1. The van der Waals surface area contributed by atoms with E-state index < -0.39 is 12.1 Å². The molecule has 5 rings (SSSR count). The van der Waals surface area contributed by atoms with Crippen molar-refractivity contribution in [3.05, 3.63) is 10.4 Å². The number of rotatable bonds is 1. The van der Waals surface area contributed by atoms with Crippen molar-refractivity contribution in [2.24, 2.45) is 5.92 Å². The van der Waals surface area contributed by atoms with Gasteiger partial charge in [-0.3, -0.25) is 0 Å². The molecule has 3 atom stereocenters. The molecule has 2 bridgehead atoms. The van der Waals surface area contributed by atoms with Gasteiger partial charge in [-0.05, 0) is 37.7 Å². The Bertz CT molecular complexity index is 852. The standard InChI is InChI=1S/C17H20F3N5S/c18-17(19,20)8-1-4-12-11(5-8)13-14(26-12)15(24-16(21)23-13)25-6-9-2-3-10(7-25)22-9/h8-10,22H,1-7H2,(H2,21,23,24). The van der Waals surface area contributed by atoms with Crippen LogP contribution in [0.2, 0.25) is 0 Å². The maximum absolute atomic E-state index is 13.2. The zero-order chi connectivity index (χ0) is 18.1. The minimum atomic E-state index is -4.16. The molecule has 0 amide bonds. The number of hydrogen-bond acceptors (Lipinski definition) is 6. The van der Waals surface area contributed by atoms with Crippen LogP contribution in [0.4, 0.5) is 24.9 Å². The predicted molar refractivity (Wildman–Crippen MR) is 95.6 cm³/mol. The Morgan fingerprint density at radius 2 is 1.85 bits per heavy atom. The summed E-state index contributed by atoms with van der Waals surface area (Å²) in [7, 11) is 0. The van der Waals surface area contributed by atoms with Gasteiger partial charge >= 0.3 is 6.18 Å². The zero-order valence-corrected chi connectivity index (χ0v) is 15.0. The first kappa shape index (κ1) is 16.6. The summed E-state index contributed by atoms with van der Waals surface area (Å²) in [5.74, 6) is -0.343. The average molecular weight is 383 g/mol. The van der Waals surface area contributed by atoms with Gasteiger partial charge in [0.2, 0.25) is 5.95 Å². The van der Waals surface area contributed by atoms with E-state index in [4.69, 9.17) is 5.73 Å². The smallest absolute Gasteiger partial charge is 0.368 e. The maximum atomic E-state index is 13.2. The highest BCUT2D eigenvalue weighted by Crippen LogP contribution is 2.45. The van der Waals surface area contributed by atoms with Gasteiger partial charge in [-0.1, -0.05) is 0 Å². The molecular weight excluding hydrogens is 363 g/mol.